The van der Waals surface area contributed by atoms with Crippen LogP contribution in [0, 0.1) is 0 Å². The first-order valence-electron chi connectivity index (χ1n) is 8.12. The SMILES string of the molecule is CC(C)Nc1ccc(Oc2ccc3cc(CC=O)ccc3n2)c(Br)c1. The van der Waals surface area contributed by atoms with Crippen LogP contribution in [0.5, 0.6) is 11.6 Å². The van der Waals surface area contributed by atoms with Gasteiger partial charge in [-0.2, -0.15) is 0 Å². The number of fused-ring (bicyclic) bond motifs is 1. The summed E-state index contributed by atoms with van der Waals surface area (Å²) in [6.45, 7) is 4.19. The van der Waals surface area contributed by atoms with Crippen molar-refractivity contribution in [3.63, 3.8) is 0 Å². The highest BCUT2D eigenvalue weighted by Crippen LogP contribution is 2.32. The number of nitrogens with one attached hydrogen (secondary N) is 1. The second-order valence-electron chi connectivity index (χ2n) is 6.09. The molecule has 2 aromatic carbocycles. The molecule has 0 saturated heterocycles. The predicted molar refractivity (Wildman–Crippen MR) is 104 cm³/mol. The van der Waals surface area contributed by atoms with Gasteiger partial charge in [0.1, 0.15) is 12.0 Å². The minimum absolute atomic E-state index is 0.366. The molecular formula is C20H19BrN2O2. The maximum atomic E-state index is 10.6. The van der Waals surface area contributed by atoms with E-state index in [0.29, 0.717) is 24.1 Å². The third-order valence-electron chi connectivity index (χ3n) is 3.65. The second kappa shape index (κ2) is 7.66. The van der Waals surface area contributed by atoms with Crippen molar-refractivity contribution in [2.75, 3.05) is 5.32 Å². The molecule has 0 radical (unpaired) electrons. The van der Waals surface area contributed by atoms with Gasteiger partial charge in [-0.15, -0.1) is 0 Å². The van der Waals surface area contributed by atoms with E-state index in [0.717, 1.165) is 32.9 Å². The molecule has 3 aromatic rings. The Kier molecular flexibility index (Phi) is 5.34. The zero-order valence-corrected chi connectivity index (χ0v) is 15.7. The van der Waals surface area contributed by atoms with E-state index < -0.39 is 0 Å². The number of nitrogens with zero attached hydrogens (tertiary/aromatic N) is 1. The molecule has 0 atom stereocenters. The van der Waals surface area contributed by atoms with Gasteiger partial charge in [0.2, 0.25) is 5.88 Å². The molecule has 0 bridgehead atoms. The van der Waals surface area contributed by atoms with Gasteiger partial charge in [-0.05, 0) is 71.7 Å². The maximum Gasteiger partial charge on any atom is 0.219 e. The zero-order chi connectivity index (χ0) is 17.8. The van der Waals surface area contributed by atoms with Crippen LogP contribution in [0.4, 0.5) is 5.69 Å². The van der Waals surface area contributed by atoms with E-state index in [1.807, 2.05) is 48.5 Å². The summed E-state index contributed by atoms with van der Waals surface area (Å²) in [4.78, 5) is 15.2. The van der Waals surface area contributed by atoms with Gasteiger partial charge < -0.3 is 14.8 Å². The first-order chi connectivity index (χ1) is 12.0. The Morgan fingerprint density at radius 2 is 2.00 bits per heavy atom. The largest absolute Gasteiger partial charge is 0.438 e. The lowest BCUT2D eigenvalue weighted by molar-refractivity contribution is -0.107. The number of aromatic nitrogens is 1. The average molecular weight is 399 g/mol. The fraction of sp³-hybridized carbons (Fsp3) is 0.200. The number of ether oxygens (including phenoxy) is 1. The van der Waals surface area contributed by atoms with Crippen molar-refractivity contribution in [1.82, 2.24) is 4.98 Å². The van der Waals surface area contributed by atoms with Crippen LogP contribution in [-0.4, -0.2) is 17.3 Å². The summed E-state index contributed by atoms with van der Waals surface area (Å²) >= 11 is 3.55. The first-order valence-corrected chi connectivity index (χ1v) is 8.92. The van der Waals surface area contributed by atoms with Gasteiger partial charge >= 0.3 is 0 Å². The van der Waals surface area contributed by atoms with Gasteiger partial charge in [-0.1, -0.05) is 6.07 Å². The molecule has 0 aliphatic rings. The summed E-state index contributed by atoms with van der Waals surface area (Å²) in [6.07, 6.45) is 1.32. The molecule has 1 N–H and O–H groups in total. The van der Waals surface area contributed by atoms with Gasteiger partial charge in [0.25, 0.3) is 0 Å². The Balaban J connectivity index is 1.82. The number of benzene rings is 2. The molecule has 0 amide bonds. The van der Waals surface area contributed by atoms with E-state index in [-0.39, 0.29) is 0 Å². The Morgan fingerprint density at radius 3 is 2.72 bits per heavy atom. The van der Waals surface area contributed by atoms with Crippen molar-refractivity contribution in [2.45, 2.75) is 26.3 Å². The summed E-state index contributed by atoms with van der Waals surface area (Å²) in [5, 5.41) is 4.34. The number of hydrogen-bond acceptors (Lipinski definition) is 4. The van der Waals surface area contributed by atoms with Gasteiger partial charge in [0.15, 0.2) is 0 Å². The molecule has 25 heavy (non-hydrogen) atoms. The van der Waals surface area contributed by atoms with Crippen molar-refractivity contribution < 1.29 is 9.53 Å². The molecule has 4 nitrogen and oxygen atoms in total. The van der Waals surface area contributed by atoms with Crippen LogP contribution in [0.15, 0.2) is 53.0 Å². The molecule has 1 heterocycles. The monoisotopic (exact) mass is 398 g/mol. The molecule has 3 rings (SSSR count). The number of pyridine rings is 1. The number of carbonyl (C=O) groups excluding carboxylic acids is 1. The minimum Gasteiger partial charge on any atom is -0.438 e. The van der Waals surface area contributed by atoms with Crippen LogP contribution < -0.4 is 10.1 Å². The molecular weight excluding hydrogens is 380 g/mol. The summed E-state index contributed by atoms with van der Waals surface area (Å²) in [5.74, 6) is 1.24. The Labute approximate surface area is 155 Å². The van der Waals surface area contributed by atoms with E-state index >= 15 is 0 Å². The molecule has 5 heteroatoms. The standard InChI is InChI=1S/C20H19BrN2O2/c1-13(2)22-16-5-7-19(17(21)12-16)25-20-8-4-15-11-14(9-10-24)3-6-18(15)23-20/h3-8,10-13,22H,9H2,1-2H3. The zero-order valence-electron chi connectivity index (χ0n) is 14.1. The lowest BCUT2D eigenvalue weighted by atomic mass is 10.1. The molecule has 1 aromatic heterocycles. The van der Waals surface area contributed by atoms with Gasteiger partial charge in [0, 0.05) is 29.6 Å². The third-order valence-corrected chi connectivity index (χ3v) is 4.27. The van der Waals surface area contributed by atoms with E-state index in [2.05, 4.69) is 40.1 Å². The van der Waals surface area contributed by atoms with Crippen LogP contribution in [0.2, 0.25) is 0 Å². The Bertz CT molecular complexity index is 909. The number of hydrogen-bond donors (Lipinski definition) is 1. The molecule has 0 saturated carbocycles. The van der Waals surface area contributed by atoms with E-state index in [4.69, 9.17) is 4.74 Å². The highest BCUT2D eigenvalue weighted by molar-refractivity contribution is 9.10. The van der Waals surface area contributed by atoms with Crippen molar-refractivity contribution in [2.24, 2.45) is 0 Å². The van der Waals surface area contributed by atoms with E-state index in [9.17, 15) is 4.79 Å². The summed E-state index contributed by atoms with van der Waals surface area (Å²) in [5.41, 5.74) is 2.85. The fourth-order valence-electron chi connectivity index (χ4n) is 2.56. The van der Waals surface area contributed by atoms with Crippen molar-refractivity contribution >= 4 is 38.8 Å². The number of halogens is 1. The summed E-state index contributed by atoms with van der Waals surface area (Å²) in [7, 11) is 0. The number of aldehydes is 1. The highest BCUT2D eigenvalue weighted by Gasteiger charge is 2.07. The van der Waals surface area contributed by atoms with E-state index in [1.165, 1.54) is 0 Å². The van der Waals surface area contributed by atoms with Crippen LogP contribution in [0.1, 0.15) is 19.4 Å². The quantitative estimate of drug-likeness (QED) is 0.568. The Morgan fingerprint density at radius 1 is 1.16 bits per heavy atom. The summed E-state index contributed by atoms with van der Waals surface area (Å²) < 4.78 is 6.78. The molecule has 0 unspecified atom stereocenters. The van der Waals surface area contributed by atoms with Crippen LogP contribution in [0.25, 0.3) is 10.9 Å². The lowest BCUT2D eigenvalue weighted by Crippen LogP contribution is -2.09. The van der Waals surface area contributed by atoms with Gasteiger partial charge in [-0.25, -0.2) is 4.98 Å². The van der Waals surface area contributed by atoms with Gasteiger partial charge in [0.05, 0.1) is 9.99 Å². The van der Waals surface area contributed by atoms with Crippen molar-refractivity contribution in [3.05, 3.63) is 58.6 Å². The minimum atomic E-state index is 0.366. The fourth-order valence-corrected chi connectivity index (χ4v) is 3.02. The Hall–Kier alpha value is -2.40. The topological polar surface area (TPSA) is 51.2 Å². The van der Waals surface area contributed by atoms with Crippen molar-refractivity contribution in [1.29, 1.82) is 0 Å². The molecule has 0 aliphatic heterocycles. The number of rotatable bonds is 6. The van der Waals surface area contributed by atoms with Crippen LogP contribution in [0.3, 0.4) is 0 Å². The molecule has 0 spiro atoms. The molecule has 128 valence electrons. The van der Waals surface area contributed by atoms with Crippen LogP contribution >= 0.6 is 15.9 Å². The number of carbonyl (C=O) groups is 1. The first kappa shape index (κ1) is 17.4. The molecule has 0 aliphatic carbocycles. The lowest BCUT2D eigenvalue weighted by Gasteiger charge is -2.13. The predicted octanol–water partition coefficient (Wildman–Crippen LogP) is 5.35. The molecule has 0 fully saturated rings. The third kappa shape index (κ3) is 4.37. The average Bonchev–Trinajstić information content (AvgIpc) is 2.57. The van der Waals surface area contributed by atoms with Gasteiger partial charge in [-0.3, -0.25) is 0 Å². The normalized spacial score (nSPS) is 10.9. The summed E-state index contributed by atoms with van der Waals surface area (Å²) in [6, 6.07) is 15.8. The highest BCUT2D eigenvalue weighted by atomic mass is 79.9. The maximum absolute atomic E-state index is 10.6. The van der Waals surface area contributed by atoms with Crippen molar-refractivity contribution in [3.8, 4) is 11.6 Å². The van der Waals surface area contributed by atoms with Crippen LogP contribution in [-0.2, 0) is 11.2 Å². The number of anilines is 1. The second-order valence-corrected chi connectivity index (χ2v) is 6.95. The van der Waals surface area contributed by atoms with E-state index in [1.54, 1.807) is 0 Å². The smallest absolute Gasteiger partial charge is 0.219 e.